The molecular formula is C16H24O2. The van der Waals surface area contributed by atoms with Crippen molar-refractivity contribution in [3.05, 3.63) is 30.3 Å². The van der Waals surface area contributed by atoms with Crippen LogP contribution in [-0.2, 0) is 4.79 Å². The number of unbranched alkanes of at least 4 members (excludes halogenated alkanes) is 1. The van der Waals surface area contributed by atoms with Crippen molar-refractivity contribution in [2.24, 2.45) is 11.8 Å². The van der Waals surface area contributed by atoms with Gasteiger partial charge in [-0.05, 0) is 30.9 Å². The van der Waals surface area contributed by atoms with Crippen LogP contribution in [0.25, 0.3) is 0 Å². The van der Waals surface area contributed by atoms with Gasteiger partial charge in [0.2, 0.25) is 0 Å². The van der Waals surface area contributed by atoms with Gasteiger partial charge in [-0.15, -0.1) is 0 Å². The Morgan fingerprint density at radius 2 is 1.89 bits per heavy atom. The van der Waals surface area contributed by atoms with Crippen molar-refractivity contribution in [1.82, 2.24) is 0 Å². The van der Waals surface area contributed by atoms with Crippen LogP contribution in [0.3, 0.4) is 0 Å². The van der Waals surface area contributed by atoms with Gasteiger partial charge in [0.1, 0.15) is 5.75 Å². The molecule has 1 aromatic carbocycles. The van der Waals surface area contributed by atoms with E-state index < -0.39 is 0 Å². The molecule has 0 heterocycles. The summed E-state index contributed by atoms with van der Waals surface area (Å²) in [6.07, 6.45) is 4.04. The Labute approximate surface area is 110 Å². The van der Waals surface area contributed by atoms with Crippen LogP contribution in [0.4, 0.5) is 0 Å². The number of para-hydroxylation sites is 1. The minimum atomic E-state index is -0.0802. The van der Waals surface area contributed by atoms with Crippen LogP contribution < -0.4 is 4.74 Å². The number of carbonyl (C=O) groups excluding carboxylic acids is 1. The van der Waals surface area contributed by atoms with Crippen molar-refractivity contribution < 1.29 is 9.53 Å². The summed E-state index contributed by atoms with van der Waals surface area (Å²) < 4.78 is 5.44. The van der Waals surface area contributed by atoms with Gasteiger partial charge in [-0.2, -0.15) is 0 Å². The molecule has 0 N–H and O–H groups in total. The minimum absolute atomic E-state index is 0.0326. The van der Waals surface area contributed by atoms with Gasteiger partial charge in [0.25, 0.3) is 0 Å². The van der Waals surface area contributed by atoms with Gasteiger partial charge in [0.15, 0.2) is 0 Å². The van der Waals surface area contributed by atoms with Gasteiger partial charge in [-0.1, -0.05) is 51.8 Å². The van der Waals surface area contributed by atoms with Crippen molar-refractivity contribution >= 4 is 5.97 Å². The standard InChI is InChI=1S/C16H24O2/c1-4-5-9-14(12-13(2)3)16(17)18-15-10-7-6-8-11-15/h6-8,10-11,13-14H,4-5,9,12H2,1-3H3. The Balaban J connectivity index is 2.58. The monoisotopic (exact) mass is 248 g/mol. The fourth-order valence-electron chi connectivity index (χ4n) is 2.04. The molecule has 2 heteroatoms. The minimum Gasteiger partial charge on any atom is -0.426 e. The second-order valence-corrected chi connectivity index (χ2v) is 5.20. The average Bonchev–Trinajstić information content (AvgIpc) is 2.35. The molecule has 18 heavy (non-hydrogen) atoms. The van der Waals surface area contributed by atoms with Crippen LogP contribution in [-0.4, -0.2) is 5.97 Å². The third-order valence-corrected chi connectivity index (χ3v) is 2.96. The SMILES string of the molecule is CCCCC(CC(C)C)C(=O)Oc1ccccc1. The Hall–Kier alpha value is -1.31. The summed E-state index contributed by atoms with van der Waals surface area (Å²) in [6, 6.07) is 9.33. The molecule has 1 aromatic rings. The van der Waals surface area contributed by atoms with Gasteiger partial charge in [0, 0.05) is 0 Å². The summed E-state index contributed by atoms with van der Waals surface area (Å²) in [5.74, 6) is 1.12. The fraction of sp³-hybridized carbons (Fsp3) is 0.562. The number of rotatable bonds is 7. The van der Waals surface area contributed by atoms with Crippen LogP contribution in [0.5, 0.6) is 5.75 Å². The molecule has 0 fully saturated rings. The molecule has 0 saturated carbocycles. The van der Waals surface area contributed by atoms with E-state index in [2.05, 4.69) is 20.8 Å². The Kier molecular flexibility index (Phi) is 6.48. The zero-order valence-electron chi connectivity index (χ0n) is 11.7. The van der Waals surface area contributed by atoms with E-state index in [4.69, 9.17) is 4.74 Å². The summed E-state index contributed by atoms with van der Waals surface area (Å²) >= 11 is 0. The van der Waals surface area contributed by atoms with E-state index >= 15 is 0 Å². The highest BCUT2D eigenvalue weighted by Crippen LogP contribution is 2.21. The van der Waals surface area contributed by atoms with Crippen molar-refractivity contribution in [1.29, 1.82) is 0 Å². The van der Waals surface area contributed by atoms with Crippen molar-refractivity contribution in [3.8, 4) is 5.75 Å². The second-order valence-electron chi connectivity index (χ2n) is 5.20. The van der Waals surface area contributed by atoms with Crippen LogP contribution in [0.1, 0.15) is 46.5 Å². The number of hydrogen-bond acceptors (Lipinski definition) is 2. The number of esters is 1. The van der Waals surface area contributed by atoms with E-state index in [9.17, 15) is 4.79 Å². The van der Waals surface area contributed by atoms with E-state index in [1.54, 1.807) is 0 Å². The number of carbonyl (C=O) groups is 1. The van der Waals surface area contributed by atoms with Crippen molar-refractivity contribution in [2.75, 3.05) is 0 Å². The predicted molar refractivity (Wildman–Crippen MR) is 74.5 cm³/mol. The predicted octanol–water partition coefficient (Wildman–Crippen LogP) is 4.44. The number of hydrogen-bond donors (Lipinski definition) is 0. The number of benzene rings is 1. The Morgan fingerprint density at radius 3 is 2.44 bits per heavy atom. The number of ether oxygens (including phenoxy) is 1. The van der Waals surface area contributed by atoms with Crippen LogP contribution in [0, 0.1) is 11.8 Å². The maximum atomic E-state index is 12.1. The second kappa shape index (κ2) is 7.91. The van der Waals surface area contributed by atoms with Crippen LogP contribution >= 0.6 is 0 Å². The third kappa shape index (κ3) is 5.35. The summed E-state index contributed by atoms with van der Waals surface area (Å²) in [6.45, 7) is 6.44. The van der Waals surface area contributed by atoms with Gasteiger partial charge in [-0.25, -0.2) is 0 Å². The topological polar surface area (TPSA) is 26.3 Å². The molecule has 0 aliphatic heterocycles. The Bertz CT molecular complexity index is 343. The first kappa shape index (κ1) is 14.7. The van der Waals surface area contributed by atoms with E-state index in [1.807, 2.05) is 30.3 Å². The molecule has 0 aliphatic carbocycles. The van der Waals surface area contributed by atoms with Crippen molar-refractivity contribution in [2.45, 2.75) is 46.5 Å². The lowest BCUT2D eigenvalue weighted by Gasteiger charge is -2.17. The zero-order chi connectivity index (χ0) is 13.4. The molecule has 1 rings (SSSR count). The summed E-state index contributed by atoms with van der Waals surface area (Å²) in [5, 5.41) is 0. The lowest BCUT2D eigenvalue weighted by molar-refractivity contribution is -0.139. The molecule has 0 amide bonds. The fourth-order valence-corrected chi connectivity index (χ4v) is 2.04. The van der Waals surface area contributed by atoms with Crippen LogP contribution in [0.2, 0.25) is 0 Å². The largest absolute Gasteiger partial charge is 0.426 e. The van der Waals surface area contributed by atoms with E-state index in [-0.39, 0.29) is 11.9 Å². The van der Waals surface area contributed by atoms with Crippen LogP contribution in [0.15, 0.2) is 30.3 Å². The maximum absolute atomic E-state index is 12.1. The highest BCUT2D eigenvalue weighted by atomic mass is 16.5. The third-order valence-electron chi connectivity index (χ3n) is 2.96. The molecule has 1 unspecified atom stereocenters. The normalized spacial score (nSPS) is 12.4. The van der Waals surface area contributed by atoms with Gasteiger partial charge in [0.05, 0.1) is 5.92 Å². The van der Waals surface area contributed by atoms with Gasteiger partial charge < -0.3 is 4.74 Å². The molecule has 1 atom stereocenters. The molecule has 0 spiro atoms. The quantitative estimate of drug-likeness (QED) is 0.526. The lowest BCUT2D eigenvalue weighted by atomic mass is 9.92. The molecule has 2 nitrogen and oxygen atoms in total. The van der Waals surface area contributed by atoms with Gasteiger partial charge in [-0.3, -0.25) is 4.79 Å². The zero-order valence-corrected chi connectivity index (χ0v) is 11.7. The first-order valence-electron chi connectivity index (χ1n) is 6.90. The summed E-state index contributed by atoms with van der Waals surface area (Å²) in [4.78, 5) is 12.1. The smallest absolute Gasteiger partial charge is 0.314 e. The summed E-state index contributed by atoms with van der Waals surface area (Å²) in [7, 11) is 0. The first-order valence-corrected chi connectivity index (χ1v) is 6.90. The molecule has 0 radical (unpaired) electrons. The maximum Gasteiger partial charge on any atom is 0.314 e. The van der Waals surface area contributed by atoms with E-state index in [0.717, 1.165) is 25.7 Å². The van der Waals surface area contributed by atoms with E-state index in [1.165, 1.54) is 0 Å². The molecule has 0 aliphatic rings. The molecular weight excluding hydrogens is 224 g/mol. The van der Waals surface area contributed by atoms with E-state index in [0.29, 0.717) is 11.7 Å². The molecule has 0 saturated heterocycles. The van der Waals surface area contributed by atoms with Gasteiger partial charge >= 0.3 is 5.97 Å². The highest BCUT2D eigenvalue weighted by molar-refractivity contribution is 5.75. The summed E-state index contributed by atoms with van der Waals surface area (Å²) in [5.41, 5.74) is 0. The highest BCUT2D eigenvalue weighted by Gasteiger charge is 2.21. The lowest BCUT2D eigenvalue weighted by Crippen LogP contribution is -2.22. The molecule has 100 valence electrons. The Morgan fingerprint density at radius 1 is 1.22 bits per heavy atom. The first-order chi connectivity index (χ1) is 8.63. The van der Waals surface area contributed by atoms with Crippen molar-refractivity contribution in [3.63, 3.8) is 0 Å². The molecule has 0 aromatic heterocycles. The average molecular weight is 248 g/mol. The molecule has 0 bridgehead atoms.